The van der Waals surface area contributed by atoms with Gasteiger partial charge in [-0.15, -0.1) is 0 Å². The molecule has 5 nitrogen and oxygen atoms in total. The molecule has 0 aliphatic rings. The third kappa shape index (κ3) is 3.62. The molecule has 0 aliphatic heterocycles. The number of nitrogens with one attached hydrogen (secondary N) is 1. The first-order chi connectivity index (χ1) is 12.3. The van der Waals surface area contributed by atoms with Crippen LogP contribution in [0.15, 0.2) is 53.4 Å². The molecule has 0 amide bonds. The molecule has 0 unspecified atom stereocenters. The zero-order valence-corrected chi connectivity index (χ0v) is 15.6. The number of anilines is 1. The molecule has 1 heterocycles. The summed E-state index contributed by atoms with van der Waals surface area (Å²) in [6, 6.07) is 12.7. The van der Waals surface area contributed by atoms with Crippen LogP contribution in [0, 0.1) is 26.6 Å². The normalized spacial score (nSPS) is 11.5. The highest BCUT2D eigenvalue weighted by Crippen LogP contribution is 2.24. The van der Waals surface area contributed by atoms with Crippen molar-refractivity contribution in [2.45, 2.75) is 32.2 Å². The van der Waals surface area contributed by atoms with Crippen molar-refractivity contribution in [2.24, 2.45) is 0 Å². The molecule has 0 atom stereocenters. The topological polar surface area (TPSA) is 64.0 Å². The Balaban J connectivity index is 1.91. The molecule has 0 saturated heterocycles. The van der Waals surface area contributed by atoms with Crippen molar-refractivity contribution < 1.29 is 12.8 Å². The Hall–Kier alpha value is -2.67. The second-order valence-corrected chi connectivity index (χ2v) is 7.87. The van der Waals surface area contributed by atoms with Crippen molar-refractivity contribution in [3.63, 3.8) is 0 Å². The summed E-state index contributed by atoms with van der Waals surface area (Å²) in [6.07, 6.45) is 0. The number of rotatable bonds is 5. The van der Waals surface area contributed by atoms with E-state index in [4.69, 9.17) is 0 Å². The Morgan fingerprint density at radius 2 is 1.69 bits per heavy atom. The smallest absolute Gasteiger partial charge is 0.262 e. The number of aryl methyl sites for hydroxylation is 2. The number of sulfonamides is 1. The molecular weight excluding hydrogens is 353 g/mol. The van der Waals surface area contributed by atoms with Crippen LogP contribution in [0.1, 0.15) is 22.5 Å². The van der Waals surface area contributed by atoms with E-state index in [1.54, 1.807) is 11.6 Å². The zero-order valence-electron chi connectivity index (χ0n) is 14.8. The summed E-state index contributed by atoms with van der Waals surface area (Å²) in [5.74, 6) is -0.484. The second-order valence-electron chi connectivity index (χ2n) is 6.19. The van der Waals surface area contributed by atoms with Gasteiger partial charge < -0.3 is 0 Å². The van der Waals surface area contributed by atoms with Gasteiger partial charge in [-0.2, -0.15) is 5.10 Å². The first-order valence-electron chi connectivity index (χ1n) is 8.15. The molecule has 0 fully saturated rings. The highest BCUT2D eigenvalue weighted by Gasteiger charge is 2.20. The fourth-order valence-electron chi connectivity index (χ4n) is 2.75. The number of benzene rings is 2. The van der Waals surface area contributed by atoms with Gasteiger partial charge in [-0.25, -0.2) is 12.8 Å². The number of nitrogens with zero attached hydrogens (tertiary/aromatic N) is 2. The van der Waals surface area contributed by atoms with Gasteiger partial charge >= 0.3 is 0 Å². The molecule has 0 radical (unpaired) electrons. The molecule has 1 N–H and O–H groups in total. The lowest BCUT2D eigenvalue weighted by Crippen LogP contribution is -2.14. The summed E-state index contributed by atoms with van der Waals surface area (Å²) < 4.78 is 42.5. The second kappa shape index (κ2) is 6.92. The van der Waals surface area contributed by atoms with Gasteiger partial charge in [0.1, 0.15) is 5.82 Å². The maximum Gasteiger partial charge on any atom is 0.262 e. The third-order valence-corrected chi connectivity index (χ3v) is 5.69. The molecule has 0 bridgehead atoms. The van der Waals surface area contributed by atoms with Crippen LogP contribution in [0.2, 0.25) is 0 Å². The van der Waals surface area contributed by atoms with Crippen LogP contribution in [-0.2, 0) is 16.6 Å². The quantitative estimate of drug-likeness (QED) is 0.740. The number of hydrogen-bond donors (Lipinski definition) is 1. The van der Waals surface area contributed by atoms with Crippen molar-refractivity contribution in [3.8, 4) is 0 Å². The Labute approximate surface area is 152 Å². The summed E-state index contributed by atoms with van der Waals surface area (Å²) >= 11 is 0. The van der Waals surface area contributed by atoms with E-state index in [0.29, 0.717) is 17.9 Å². The predicted octanol–water partition coefficient (Wildman–Crippen LogP) is 3.80. The zero-order chi connectivity index (χ0) is 18.9. The van der Waals surface area contributed by atoms with Gasteiger partial charge in [0.25, 0.3) is 10.0 Å². The largest absolute Gasteiger partial charge is 0.276 e. The molecule has 26 heavy (non-hydrogen) atoms. The van der Waals surface area contributed by atoms with Crippen LogP contribution < -0.4 is 4.72 Å². The van der Waals surface area contributed by atoms with E-state index in [-0.39, 0.29) is 4.90 Å². The Morgan fingerprint density at radius 3 is 2.35 bits per heavy atom. The van der Waals surface area contributed by atoms with Gasteiger partial charge in [0.2, 0.25) is 0 Å². The molecule has 2 aromatic carbocycles. The highest BCUT2D eigenvalue weighted by atomic mass is 32.2. The predicted molar refractivity (Wildman–Crippen MR) is 99.2 cm³/mol. The maximum atomic E-state index is 13.0. The van der Waals surface area contributed by atoms with Crippen LogP contribution >= 0.6 is 0 Å². The minimum atomic E-state index is -3.81. The Morgan fingerprint density at radius 1 is 1.04 bits per heavy atom. The van der Waals surface area contributed by atoms with Crippen LogP contribution in [0.4, 0.5) is 10.1 Å². The van der Waals surface area contributed by atoms with Gasteiger partial charge in [-0.3, -0.25) is 9.40 Å². The summed E-state index contributed by atoms with van der Waals surface area (Å²) in [5.41, 5.74) is 4.01. The number of halogens is 1. The van der Waals surface area contributed by atoms with Gasteiger partial charge in [0.05, 0.1) is 28.5 Å². The first kappa shape index (κ1) is 18.1. The lowest BCUT2D eigenvalue weighted by atomic mass is 10.1. The average Bonchev–Trinajstić information content (AvgIpc) is 2.84. The first-order valence-corrected chi connectivity index (χ1v) is 9.63. The minimum Gasteiger partial charge on any atom is -0.276 e. The van der Waals surface area contributed by atoms with Crippen molar-refractivity contribution in [1.82, 2.24) is 9.78 Å². The lowest BCUT2D eigenvalue weighted by molar-refractivity contribution is 0.599. The van der Waals surface area contributed by atoms with E-state index < -0.39 is 15.8 Å². The van der Waals surface area contributed by atoms with Crippen LogP contribution in [-0.4, -0.2) is 18.2 Å². The molecule has 3 rings (SSSR count). The fourth-order valence-corrected chi connectivity index (χ4v) is 3.93. The van der Waals surface area contributed by atoms with E-state index in [0.717, 1.165) is 29.0 Å². The van der Waals surface area contributed by atoms with Crippen LogP contribution in [0.5, 0.6) is 0 Å². The third-order valence-electron chi connectivity index (χ3n) is 4.32. The number of aromatic nitrogens is 2. The monoisotopic (exact) mass is 373 g/mol. The minimum absolute atomic E-state index is 0.00403. The van der Waals surface area contributed by atoms with E-state index >= 15 is 0 Å². The van der Waals surface area contributed by atoms with Gasteiger partial charge in [-0.05, 0) is 56.2 Å². The molecular formula is C19H20FN3O2S. The Kier molecular flexibility index (Phi) is 4.82. The van der Waals surface area contributed by atoms with Crippen molar-refractivity contribution >= 4 is 15.7 Å². The van der Waals surface area contributed by atoms with Crippen LogP contribution in [0.25, 0.3) is 0 Å². The molecule has 3 aromatic rings. The molecule has 7 heteroatoms. The summed E-state index contributed by atoms with van der Waals surface area (Å²) in [6.45, 7) is 6.15. The fraction of sp³-hybridized carbons (Fsp3) is 0.211. The Bertz CT molecular complexity index is 1040. The number of hydrogen-bond acceptors (Lipinski definition) is 3. The highest BCUT2D eigenvalue weighted by molar-refractivity contribution is 7.92. The standard InChI is InChI=1S/C19H20FN3O2S/c1-13-6-4-5-7-16(13)12-23-15(3)19(14(2)21-23)22-26(24,25)18-10-8-17(20)9-11-18/h4-11,22H,12H2,1-3H3. The molecule has 0 saturated carbocycles. The average molecular weight is 373 g/mol. The van der Waals surface area contributed by atoms with Gasteiger partial charge in [-0.1, -0.05) is 24.3 Å². The summed E-state index contributed by atoms with van der Waals surface area (Å²) in [5, 5.41) is 4.47. The maximum absolute atomic E-state index is 13.0. The molecule has 1 aromatic heterocycles. The van der Waals surface area contributed by atoms with E-state index in [2.05, 4.69) is 9.82 Å². The molecule has 136 valence electrons. The summed E-state index contributed by atoms with van der Waals surface area (Å²) in [4.78, 5) is 0.00403. The summed E-state index contributed by atoms with van der Waals surface area (Å²) in [7, 11) is -3.81. The van der Waals surface area contributed by atoms with Crippen LogP contribution in [0.3, 0.4) is 0 Å². The molecule has 0 aliphatic carbocycles. The van der Waals surface area contributed by atoms with Crippen molar-refractivity contribution in [3.05, 3.63) is 76.9 Å². The van der Waals surface area contributed by atoms with Crippen molar-refractivity contribution in [1.29, 1.82) is 0 Å². The lowest BCUT2D eigenvalue weighted by Gasteiger charge is -2.10. The van der Waals surface area contributed by atoms with Gasteiger partial charge in [0, 0.05) is 0 Å². The molecule has 0 spiro atoms. The van der Waals surface area contributed by atoms with Gasteiger partial charge in [0.15, 0.2) is 0 Å². The van der Waals surface area contributed by atoms with E-state index in [1.165, 1.54) is 12.1 Å². The van der Waals surface area contributed by atoms with E-state index in [1.807, 2.05) is 38.1 Å². The van der Waals surface area contributed by atoms with E-state index in [9.17, 15) is 12.8 Å². The van der Waals surface area contributed by atoms with Crippen molar-refractivity contribution in [2.75, 3.05) is 4.72 Å². The SMILES string of the molecule is Cc1ccccc1Cn1nc(C)c(NS(=O)(=O)c2ccc(F)cc2)c1C.